The van der Waals surface area contributed by atoms with Gasteiger partial charge in [-0.25, -0.2) is 0 Å². The number of fused-ring (bicyclic) bond motifs is 1. The number of hydrogen-bond acceptors (Lipinski definition) is 5. The van der Waals surface area contributed by atoms with Crippen molar-refractivity contribution in [2.24, 2.45) is 11.7 Å². The van der Waals surface area contributed by atoms with Gasteiger partial charge < -0.3 is 20.7 Å². The molecule has 0 fully saturated rings. The van der Waals surface area contributed by atoms with Gasteiger partial charge in [-0.05, 0) is 72.2 Å². The van der Waals surface area contributed by atoms with Gasteiger partial charge in [0.15, 0.2) is 0 Å². The highest BCUT2D eigenvalue weighted by Crippen LogP contribution is 2.36. The van der Waals surface area contributed by atoms with Gasteiger partial charge >= 0.3 is 0 Å². The summed E-state index contributed by atoms with van der Waals surface area (Å²) in [6.45, 7) is 0.166. The average Bonchev–Trinajstić information content (AvgIpc) is 2.83. The van der Waals surface area contributed by atoms with Crippen molar-refractivity contribution in [3.8, 4) is 5.75 Å². The molecule has 162 valence electrons. The molecular formula is C26H29NO3S. The standard InChI is InChI=1S/C26H29NO3S/c27-26(17-28,18-29)22-11-9-21-14-25(12-10-20(21)13-22)31-24-8-4-7-23(15-24)30-16-19-5-2-1-3-6-19/h1-8,10,12,14-15,22,28-29H,9,11,13,16-18,27H2. The Morgan fingerprint density at radius 2 is 1.68 bits per heavy atom. The zero-order valence-corrected chi connectivity index (χ0v) is 18.4. The maximum Gasteiger partial charge on any atom is 0.120 e. The largest absolute Gasteiger partial charge is 0.489 e. The molecule has 4 N–H and O–H groups in total. The summed E-state index contributed by atoms with van der Waals surface area (Å²) in [4.78, 5) is 2.33. The topological polar surface area (TPSA) is 75.7 Å². The first-order valence-electron chi connectivity index (χ1n) is 10.7. The first-order chi connectivity index (χ1) is 15.1. The third kappa shape index (κ3) is 5.31. The molecule has 5 heteroatoms. The molecule has 1 aliphatic rings. The maximum absolute atomic E-state index is 9.62. The molecule has 0 amide bonds. The monoisotopic (exact) mass is 435 g/mol. The van der Waals surface area contributed by atoms with Gasteiger partial charge in [-0.1, -0.05) is 54.2 Å². The summed E-state index contributed by atoms with van der Waals surface area (Å²) in [5, 5.41) is 19.2. The molecule has 31 heavy (non-hydrogen) atoms. The summed E-state index contributed by atoms with van der Waals surface area (Å²) in [7, 11) is 0. The van der Waals surface area contributed by atoms with E-state index in [1.807, 2.05) is 30.3 Å². The molecule has 0 heterocycles. The Bertz CT molecular complexity index is 1000. The Balaban J connectivity index is 1.42. The van der Waals surface area contributed by atoms with Crippen LogP contribution in [0.15, 0.2) is 82.6 Å². The molecule has 1 atom stereocenters. The van der Waals surface area contributed by atoms with Crippen LogP contribution >= 0.6 is 11.8 Å². The van der Waals surface area contributed by atoms with Crippen LogP contribution in [0.25, 0.3) is 0 Å². The summed E-state index contributed by atoms with van der Waals surface area (Å²) in [6, 6.07) is 24.9. The zero-order chi connectivity index (χ0) is 21.7. The van der Waals surface area contributed by atoms with Crippen LogP contribution in [-0.4, -0.2) is 29.0 Å². The van der Waals surface area contributed by atoms with Gasteiger partial charge in [-0.15, -0.1) is 0 Å². The quantitative estimate of drug-likeness (QED) is 0.494. The van der Waals surface area contributed by atoms with Crippen LogP contribution in [0.4, 0.5) is 0 Å². The van der Waals surface area contributed by atoms with Gasteiger partial charge in [0.2, 0.25) is 0 Å². The highest BCUT2D eigenvalue weighted by molar-refractivity contribution is 7.99. The fourth-order valence-electron chi connectivity index (χ4n) is 4.10. The number of benzene rings is 3. The van der Waals surface area contributed by atoms with Gasteiger partial charge in [0.05, 0.1) is 18.8 Å². The summed E-state index contributed by atoms with van der Waals surface area (Å²) >= 11 is 1.73. The molecule has 1 aliphatic carbocycles. The summed E-state index contributed by atoms with van der Waals surface area (Å²) in [5.41, 5.74) is 9.05. The smallest absolute Gasteiger partial charge is 0.120 e. The minimum absolute atomic E-state index is 0.0898. The molecule has 0 aromatic heterocycles. The Morgan fingerprint density at radius 1 is 0.903 bits per heavy atom. The lowest BCUT2D eigenvalue weighted by Gasteiger charge is -2.37. The van der Waals surface area contributed by atoms with Gasteiger partial charge in [-0.3, -0.25) is 0 Å². The molecule has 0 spiro atoms. The molecule has 4 nitrogen and oxygen atoms in total. The molecule has 0 saturated heterocycles. The number of aliphatic hydroxyl groups is 2. The van der Waals surface area contributed by atoms with E-state index in [2.05, 4.69) is 42.5 Å². The number of hydrogen-bond donors (Lipinski definition) is 3. The van der Waals surface area contributed by atoms with Crippen LogP contribution < -0.4 is 10.5 Å². The zero-order valence-electron chi connectivity index (χ0n) is 17.5. The average molecular weight is 436 g/mol. The van der Waals surface area contributed by atoms with Crippen molar-refractivity contribution in [1.82, 2.24) is 0 Å². The predicted molar refractivity (Wildman–Crippen MR) is 124 cm³/mol. The van der Waals surface area contributed by atoms with E-state index in [4.69, 9.17) is 10.5 Å². The fraction of sp³-hybridized carbons (Fsp3) is 0.308. The Hall–Kier alpha value is -2.31. The minimum Gasteiger partial charge on any atom is -0.489 e. The number of nitrogens with two attached hydrogens (primary N) is 1. The van der Waals surface area contributed by atoms with Crippen molar-refractivity contribution >= 4 is 11.8 Å². The highest BCUT2D eigenvalue weighted by Gasteiger charge is 2.36. The van der Waals surface area contributed by atoms with Crippen LogP contribution in [0.3, 0.4) is 0 Å². The maximum atomic E-state index is 9.62. The second-order valence-corrected chi connectivity index (χ2v) is 9.42. The van der Waals surface area contributed by atoms with E-state index >= 15 is 0 Å². The van der Waals surface area contributed by atoms with Gasteiger partial charge in [-0.2, -0.15) is 0 Å². The lowest BCUT2D eigenvalue weighted by Crippen LogP contribution is -2.55. The third-order valence-electron chi connectivity index (χ3n) is 6.10. The van der Waals surface area contributed by atoms with Crippen LogP contribution in [0.1, 0.15) is 23.1 Å². The Labute approximate surface area is 188 Å². The van der Waals surface area contributed by atoms with E-state index in [1.165, 1.54) is 16.0 Å². The van der Waals surface area contributed by atoms with Gasteiger partial charge in [0.1, 0.15) is 12.4 Å². The molecule has 3 aromatic rings. The van der Waals surface area contributed by atoms with Gasteiger partial charge in [0, 0.05) is 9.79 Å². The number of ether oxygens (including phenoxy) is 1. The second kappa shape index (κ2) is 9.88. The Morgan fingerprint density at radius 3 is 2.45 bits per heavy atom. The van der Waals surface area contributed by atoms with E-state index in [-0.39, 0.29) is 19.1 Å². The van der Waals surface area contributed by atoms with Crippen molar-refractivity contribution < 1.29 is 14.9 Å². The Kier molecular flexibility index (Phi) is 6.98. The number of rotatable bonds is 8. The van der Waals surface area contributed by atoms with E-state index in [1.54, 1.807) is 11.8 Å². The first kappa shape index (κ1) is 21.9. The number of aryl methyl sites for hydroxylation is 1. The van der Waals surface area contributed by atoms with Crippen molar-refractivity contribution in [2.75, 3.05) is 13.2 Å². The molecule has 4 rings (SSSR count). The van der Waals surface area contributed by atoms with Crippen molar-refractivity contribution in [3.63, 3.8) is 0 Å². The van der Waals surface area contributed by atoms with Crippen LogP contribution in [-0.2, 0) is 19.4 Å². The minimum atomic E-state index is -0.911. The SMILES string of the molecule is NC(CO)(CO)C1CCc2cc(Sc3cccc(OCc4ccccc4)c3)ccc2C1. The molecule has 3 aromatic carbocycles. The fourth-order valence-corrected chi connectivity index (χ4v) is 5.03. The van der Waals surface area contributed by atoms with E-state index < -0.39 is 5.54 Å². The summed E-state index contributed by atoms with van der Waals surface area (Å²) < 4.78 is 5.96. The van der Waals surface area contributed by atoms with E-state index in [9.17, 15) is 10.2 Å². The first-order valence-corrected chi connectivity index (χ1v) is 11.5. The second-order valence-electron chi connectivity index (χ2n) is 8.27. The molecule has 0 saturated carbocycles. The van der Waals surface area contributed by atoms with Crippen molar-refractivity contribution in [2.45, 2.75) is 41.2 Å². The predicted octanol–water partition coefficient (Wildman–Crippen LogP) is 4.20. The lowest BCUT2D eigenvalue weighted by molar-refractivity contribution is 0.0690. The molecule has 0 bridgehead atoms. The van der Waals surface area contributed by atoms with E-state index in [0.29, 0.717) is 6.61 Å². The summed E-state index contributed by atoms with van der Waals surface area (Å²) in [6.07, 6.45) is 2.58. The van der Waals surface area contributed by atoms with Crippen molar-refractivity contribution in [1.29, 1.82) is 0 Å². The van der Waals surface area contributed by atoms with Crippen LogP contribution in [0.5, 0.6) is 5.75 Å². The molecule has 0 radical (unpaired) electrons. The van der Waals surface area contributed by atoms with Crippen LogP contribution in [0, 0.1) is 5.92 Å². The summed E-state index contributed by atoms with van der Waals surface area (Å²) in [5.74, 6) is 0.953. The third-order valence-corrected chi connectivity index (χ3v) is 7.08. The number of aliphatic hydroxyl groups excluding tert-OH is 2. The van der Waals surface area contributed by atoms with Crippen LogP contribution in [0.2, 0.25) is 0 Å². The molecule has 0 aliphatic heterocycles. The molecule has 1 unspecified atom stereocenters. The highest BCUT2D eigenvalue weighted by atomic mass is 32.2. The van der Waals surface area contributed by atoms with E-state index in [0.717, 1.165) is 35.5 Å². The molecular weight excluding hydrogens is 406 g/mol. The lowest BCUT2D eigenvalue weighted by atomic mass is 9.73. The van der Waals surface area contributed by atoms with Gasteiger partial charge in [0.25, 0.3) is 0 Å². The van der Waals surface area contributed by atoms with Crippen molar-refractivity contribution in [3.05, 3.63) is 89.5 Å². The normalized spacial score (nSPS) is 16.0.